The fourth-order valence-electron chi connectivity index (χ4n) is 3.07. The molecule has 0 saturated heterocycles. The van der Waals surface area contributed by atoms with Crippen LogP contribution in [-0.4, -0.2) is 12.9 Å². The highest BCUT2D eigenvalue weighted by Gasteiger charge is 2.30. The second-order valence-corrected chi connectivity index (χ2v) is 5.27. The van der Waals surface area contributed by atoms with E-state index >= 15 is 0 Å². The number of hydrogen-bond donors (Lipinski definition) is 0. The molecule has 1 saturated carbocycles. The Morgan fingerprint density at radius 1 is 1.37 bits per heavy atom. The maximum absolute atomic E-state index is 13.4. The van der Waals surface area contributed by atoms with E-state index in [0.29, 0.717) is 11.5 Å². The maximum atomic E-state index is 13.4. The normalized spacial score (nSPS) is 23.1. The molecule has 104 valence electrons. The molecule has 1 aliphatic carbocycles. The molecule has 0 bridgehead atoms. The lowest BCUT2D eigenvalue weighted by molar-refractivity contribution is 0.0820. The van der Waals surface area contributed by atoms with E-state index in [1.54, 1.807) is 6.07 Å². The van der Waals surface area contributed by atoms with Gasteiger partial charge in [-0.2, -0.15) is 0 Å². The molecule has 1 aliphatic rings. The molecule has 19 heavy (non-hydrogen) atoms. The molecule has 0 N–H and O–H groups in total. The van der Waals surface area contributed by atoms with Gasteiger partial charge in [-0.3, -0.25) is 4.79 Å². The van der Waals surface area contributed by atoms with Crippen molar-refractivity contribution in [3.05, 3.63) is 29.6 Å². The predicted octanol–water partition coefficient (Wildman–Crippen LogP) is 4.23. The minimum atomic E-state index is -0.422. The Hall–Kier alpha value is -1.38. The average molecular weight is 264 g/mol. The Kier molecular flexibility index (Phi) is 4.56. The van der Waals surface area contributed by atoms with Crippen LogP contribution >= 0.6 is 0 Å². The summed E-state index contributed by atoms with van der Waals surface area (Å²) >= 11 is 0. The summed E-state index contributed by atoms with van der Waals surface area (Å²) in [5, 5.41) is 0. The molecule has 1 aromatic carbocycles. The number of carbonyl (C=O) groups excluding carboxylic acids is 1. The summed E-state index contributed by atoms with van der Waals surface area (Å²) < 4.78 is 18.3. The Bertz CT molecular complexity index is 456. The molecule has 0 heterocycles. The van der Waals surface area contributed by atoms with Crippen molar-refractivity contribution in [2.24, 2.45) is 11.8 Å². The van der Waals surface area contributed by atoms with Crippen molar-refractivity contribution >= 4 is 5.78 Å². The van der Waals surface area contributed by atoms with Crippen LogP contribution in [0.2, 0.25) is 0 Å². The Labute approximate surface area is 114 Å². The minimum Gasteiger partial charge on any atom is -0.494 e. The number of carbonyl (C=O) groups is 1. The fraction of sp³-hybridized carbons (Fsp3) is 0.562. The van der Waals surface area contributed by atoms with E-state index in [2.05, 4.69) is 6.92 Å². The van der Waals surface area contributed by atoms with E-state index in [9.17, 15) is 9.18 Å². The fourth-order valence-corrected chi connectivity index (χ4v) is 3.07. The smallest absolute Gasteiger partial charge is 0.166 e. The van der Waals surface area contributed by atoms with Gasteiger partial charge in [0.15, 0.2) is 17.3 Å². The van der Waals surface area contributed by atoms with Gasteiger partial charge in [-0.25, -0.2) is 4.39 Å². The molecule has 0 aromatic heterocycles. The molecule has 3 heteroatoms. The number of benzene rings is 1. The van der Waals surface area contributed by atoms with Crippen LogP contribution in [0, 0.1) is 17.7 Å². The van der Waals surface area contributed by atoms with Crippen LogP contribution in [0.4, 0.5) is 4.39 Å². The highest BCUT2D eigenvalue weighted by Crippen LogP contribution is 2.35. The molecule has 0 aliphatic heterocycles. The van der Waals surface area contributed by atoms with E-state index < -0.39 is 5.82 Å². The molecule has 1 fully saturated rings. The number of halogens is 1. The number of hydrogen-bond acceptors (Lipinski definition) is 2. The summed E-state index contributed by atoms with van der Waals surface area (Å²) in [6.45, 7) is 2.14. The van der Waals surface area contributed by atoms with E-state index in [-0.39, 0.29) is 17.5 Å². The van der Waals surface area contributed by atoms with Gasteiger partial charge in [-0.1, -0.05) is 26.2 Å². The third-order valence-corrected chi connectivity index (χ3v) is 4.21. The van der Waals surface area contributed by atoms with Crippen molar-refractivity contribution in [1.82, 2.24) is 0 Å². The first kappa shape index (κ1) is 14.0. The van der Waals surface area contributed by atoms with Crippen molar-refractivity contribution in [2.75, 3.05) is 7.11 Å². The minimum absolute atomic E-state index is 0.0916. The van der Waals surface area contributed by atoms with Crippen LogP contribution in [-0.2, 0) is 0 Å². The van der Waals surface area contributed by atoms with Crippen LogP contribution in [0.5, 0.6) is 5.75 Å². The summed E-state index contributed by atoms with van der Waals surface area (Å²) in [5.41, 5.74) is 0.573. The monoisotopic (exact) mass is 264 g/mol. The standard InChI is InChI=1S/C16H21FO2/c1-3-11-6-4-5-7-13(11)16(18)12-8-9-14(17)15(10-12)19-2/h8-11,13H,3-7H2,1-2H3. The van der Waals surface area contributed by atoms with Crippen molar-refractivity contribution in [1.29, 1.82) is 0 Å². The van der Waals surface area contributed by atoms with Gasteiger partial charge in [0.2, 0.25) is 0 Å². The van der Waals surface area contributed by atoms with Gasteiger partial charge in [0.25, 0.3) is 0 Å². The molecular weight excluding hydrogens is 243 g/mol. The maximum Gasteiger partial charge on any atom is 0.166 e. The summed E-state index contributed by atoms with van der Waals surface area (Å²) in [6.07, 6.45) is 5.46. The summed E-state index contributed by atoms with van der Waals surface area (Å²) in [5.74, 6) is 0.431. The lowest BCUT2D eigenvalue weighted by atomic mass is 9.74. The Balaban J connectivity index is 2.22. The molecule has 1 aromatic rings. The van der Waals surface area contributed by atoms with Crippen LogP contribution in [0.1, 0.15) is 49.4 Å². The molecule has 2 rings (SSSR count). The zero-order valence-corrected chi connectivity index (χ0v) is 11.6. The second-order valence-electron chi connectivity index (χ2n) is 5.27. The molecule has 0 radical (unpaired) electrons. The largest absolute Gasteiger partial charge is 0.494 e. The van der Waals surface area contributed by atoms with Crippen LogP contribution in [0.25, 0.3) is 0 Å². The Morgan fingerprint density at radius 3 is 2.79 bits per heavy atom. The molecule has 2 atom stereocenters. The quantitative estimate of drug-likeness (QED) is 0.760. The molecule has 0 amide bonds. The van der Waals surface area contributed by atoms with Crippen LogP contribution in [0.15, 0.2) is 18.2 Å². The number of rotatable bonds is 4. The van der Waals surface area contributed by atoms with E-state index in [4.69, 9.17) is 4.74 Å². The second kappa shape index (κ2) is 6.18. The number of ether oxygens (including phenoxy) is 1. The third kappa shape index (κ3) is 2.96. The van der Waals surface area contributed by atoms with Gasteiger partial charge in [0, 0.05) is 11.5 Å². The predicted molar refractivity (Wildman–Crippen MR) is 73.0 cm³/mol. The highest BCUT2D eigenvalue weighted by molar-refractivity contribution is 5.98. The molecule has 0 spiro atoms. The van der Waals surface area contributed by atoms with Gasteiger partial charge in [-0.15, -0.1) is 0 Å². The van der Waals surface area contributed by atoms with Gasteiger partial charge in [0.05, 0.1) is 7.11 Å². The topological polar surface area (TPSA) is 26.3 Å². The van der Waals surface area contributed by atoms with Gasteiger partial charge < -0.3 is 4.74 Å². The first-order valence-electron chi connectivity index (χ1n) is 7.05. The lowest BCUT2D eigenvalue weighted by Crippen LogP contribution is -2.27. The zero-order valence-electron chi connectivity index (χ0n) is 11.6. The lowest BCUT2D eigenvalue weighted by Gasteiger charge is -2.29. The van der Waals surface area contributed by atoms with E-state index in [0.717, 1.165) is 25.7 Å². The summed E-state index contributed by atoms with van der Waals surface area (Å²) in [7, 11) is 1.42. The SMILES string of the molecule is CCC1CCCCC1C(=O)c1ccc(F)c(OC)c1. The Morgan fingerprint density at radius 2 is 2.11 bits per heavy atom. The van der Waals surface area contributed by atoms with Crippen LogP contribution < -0.4 is 4.74 Å². The first-order chi connectivity index (χ1) is 9.17. The van der Waals surface area contributed by atoms with Gasteiger partial charge >= 0.3 is 0 Å². The van der Waals surface area contributed by atoms with Gasteiger partial charge in [-0.05, 0) is 37.0 Å². The van der Waals surface area contributed by atoms with Crippen LogP contribution in [0.3, 0.4) is 0 Å². The van der Waals surface area contributed by atoms with Crippen molar-refractivity contribution in [3.8, 4) is 5.75 Å². The zero-order chi connectivity index (χ0) is 13.8. The summed E-state index contributed by atoms with van der Waals surface area (Å²) in [6, 6.07) is 4.41. The van der Waals surface area contributed by atoms with Crippen molar-refractivity contribution < 1.29 is 13.9 Å². The number of methoxy groups -OCH3 is 1. The molecular formula is C16H21FO2. The van der Waals surface area contributed by atoms with Crippen molar-refractivity contribution in [3.63, 3.8) is 0 Å². The van der Waals surface area contributed by atoms with E-state index in [1.807, 2.05) is 0 Å². The molecule has 2 unspecified atom stereocenters. The number of ketones is 1. The number of Topliss-reactive ketones (excluding diaryl/α,β-unsaturated/α-hetero) is 1. The van der Waals surface area contributed by atoms with E-state index in [1.165, 1.54) is 25.7 Å². The highest BCUT2D eigenvalue weighted by atomic mass is 19.1. The van der Waals surface area contributed by atoms with Gasteiger partial charge in [0.1, 0.15) is 0 Å². The van der Waals surface area contributed by atoms with Crippen molar-refractivity contribution in [2.45, 2.75) is 39.0 Å². The third-order valence-electron chi connectivity index (χ3n) is 4.21. The summed E-state index contributed by atoms with van der Waals surface area (Å²) in [4.78, 5) is 12.6. The first-order valence-corrected chi connectivity index (χ1v) is 7.05. The average Bonchev–Trinajstić information content (AvgIpc) is 2.47. The molecule has 2 nitrogen and oxygen atoms in total.